The van der Waals surface area contributed by atoms with Crippen LogP contribution in [-0.4, -0.2) is 25.9 Å². The molecule has 4 nitrogen and oxygen atoms in total. The lowest BCUT2D eigenvalue weighted by atomic mass is 9.49. The van der Waals surface area contributed by atoms with Crippen molar-refractivity contribution in [2.45, 2.75) is 62.6 Å². The van der Waals surface area contributed by atoms with E-state index in [0.29, 0.717) is 23.6 Å². The molecule has 0 bridgehead atoms. The van der Waals surface area contributed by atoms with E-state index in [9.17, 15) is 15.3 Å². The first-order valence-electron chi connectivity index (χ1n) is 8.99. The second kappa shape index (κ2) is 5.53. The fourth-order valence-corrected chi connectivity index (χ4v) is 6.19. The van der Waals surface area contributed by atoms with Crippen molar-refractivity contribution in [2.24, 2.45) is 5.92 Å². The molecule has 1 aromatic heterocycles. The monoisotopic (exact) mass is 359 g/mol. The van der Waals surface area contributed by atoms with Crippen molar-refractivity contribution >= 4 is 11.3 Å². The highest BCUT2D eigenvalue weighted by Gasteiger charge is 2.61. The van der Waals surface area contributed by atoms with E-state index in [1.165, 1.54) is 22.5 Å². The van der Waals surface area contributed by atoms with E-state index in [0.717, 1.165) is 19.3 Å². The zero-order valence-electron chi connectivity index (χ0n) is 14.7. The molecule has 4 unspecified atom stereocenters. The maximum atomic E-state index is 11.5. The maximum absolute atomic E-state index is 11.5. The molecule has 2 aliphatic carbocycles. The van der Waals surface area contributed by atoms with Crippen molar-refractivity contribution in [3.8, 4) is 5.75 Å². The molecule has 3 N–H and O–H groups in total. The molecule has 0 aliphatic heterocycles. The number of hydrogen-bond donors (Lipinski definition) is 3. The first-order valence-corrected chi connectivity index (χ1v) is 9.87. The molecule has 1 fully saturated rings. The Bertz CT molecular complexity index is 788. The van der Waals surface area contributed by atoms with Crippen LogP contribution in [0.2, 0.25) is 0 Å². The van der Waals surface area contributed by atoms with Crippen molar-refractivity contribution in [2.75, 3.05) is 0 Å². The van der Waals surface area contributed by atoms with Gasteiger partial charge >= 0.3 is 0 Å². The van der Waals surface area contributed by atoms with E-state index in [2.05, 4.69) is 11.9 Å². The largest absolute Gasteiger partial charge is 0.508 e. The Morgan fingerprint density at radius 3 is 2.80 bits per heavy atom. The summed E-state index contributed by atoms with van der Waals surface area (Å²) in [5.74, 6) is 0.578. The predicted molar refractivity (Wildman–Crippen MR) is 97.8 cm³/mol. The van der Waals surface area contributed by atoms with Gasteiger partial charge in [0.15, 0.2) is 0 Å². The van der Waals surface area contributed by atoms with Crippen LogP contribution in [0.15, 0.2) is 29.8 Å². The van der Waals surface area contributed by atoms with Gasteiger partial charge in [0, 0.05) is 17.0 Å². The van der Waals surface area contributed by atoms with Gasteiger partial charge in [0.1, 0.15) is 16.4 Å². The number of rotatable bonds is 2. The second-order valence-electron chi connectivity index (χ2n) is 7.94. The van der Waals surface area contributed by atoms with Gasteiger partial charge < -0.3 is 15.3 Å². The first kappa shape index (κ1) is 17.0. The Hall–Kier alpha value is -1.43. The molecule has 1 heterocycles. The molecule has 0 amide bonds. The van der Waals surface area contributed by atoms with Crippen LogP contribution >= 0.6 is 11.3 Å². The molecule has 0 spiro atoms. The van der Waals surface area contributed by atoms with Gasteiger partial charge in [-0.3, -0.25) is 0 Å². The summed E-state index contributed by atoms with van der Waals surface area (Å²) in [4.78, 5) is 4.32. The minimum Gasteiger partial charge on any atom is -0.508 e. The second-order valence-corrected chi connectivity index (χ2v) is 8.83. The summed E-state index contributed by atoms with van der Waals surface area (Å²) < 4.78 is 0. The zero-order valence-corrected chi connectivity index (χ0v) is 15.5. The Kier molecular flexibility index (Phi) is 3.76. The predicted octanol–water partition coefficient (Wildman–Crippen LogP) is 3.49. The van der Waals surface area contributed by atoms with Gasteiger partial charge in [-0.15, -0.1) is 11.3 Å². The standard InChI is InChI=1S/C20H25NO3S/c1-3-19-12-18(2,23)20(24,17-21-8-9-25-17)11-14(19)5-4-13-10-15(22)6-7-16(13)19/h6-10,14,22-24H,3-5,11-12H2,1-2H3. The van der Waals surface area contributed by atoms with Gasteiger partial charge in [-0.25, -0.2) is 4.98 Å². The molecule has 1 saturated carbocycles. The molecule has 4 rings (SSSR count). The quantitative estimate of drug-likeness (QED) is 0.767. The summed E-state index contributed by atoms with van der Waals surface area (Å²) in [6, 6.07) is 5.62. The number of aromatic hydroxyl groups is 1. The lowest BCUT2D eigenvalue weighted by Gasteiger charge is -2.58. The molecular weight excluding hydrogens is 334 g/mol. The van der Waals surface area contributed by atoms with E-state index in [1.54, 1.807) is 19.2 Å². The number of thiazole rings is 1. The number of hydrogen-bond acceptors (Lipinski definition) is 5. The van der Waals surface area contributed by atoms with Crippen molar-refractivity contribution in [1.29, 1.82) is 0 Å². The van der Waals surface area contributed by atoms with Crippen LogP contribution < -0.4 is 0 Å². The Labute approximate surface area is 152 Å². The van der Waals surface area contributed by atoms with Crippen molar-refractivity contribution in [3.63, 3.8) is 0 Å². The summed E-state index contributed by atoms with van der Waals surface area (Å²) in [5.41, 5.74) is -0.337. The van der Waals surface area contributed by atoms with Gasteiger partial charge in [0.05, 0.1) is 5.60 Å². The molecule has 2 aliphatic rings. The fourth-order valence-electron chi connectivity index (χ4n) is 5.32. The van der Waals surface area contributed by atoms with Crippen LogP contribution in [0.5, 0.6) is 5.75 Å². The minimum atomic E-state index is -1.31. The van der Waals surface area contributed by atoms with Crippen molar-refractivity contribution < 1.29 is 15.3 Å². The van der Waals surface area contributed by atoms with Gasteiger partial charge in [0.25, 0.3) is 0 Å². The van der Waals surface area contributed by atoms with Crippen LogP contribution in [0, 0.1) is 5.92 Å². The SMILES string of the molecule is CCC12CC(C)(O)C(O)(c3nccs3)CC1CCc1cc(O)ccc12. The minimum absolute atomic E-state index is 0.172. The first-order chi connectivity index (χ1) is 11.8. The summed E-state index contributed by atoms with van der Waals surface area (Å²) in [7, 11) is 0. The third-order valence-electron chi connectivity index (χ3n) is 6.68. The van der Waals surface area contributed by atoms with E-state index in [-0.39, 0.29) is 11.3 Å². The van der Waals surface area contributed by atoms with E-state index in [4.69, 9.17) is 0 Å². The maximum Gasteiger partial charge on any atom is 0.144 e. The van der Waals surface area contributed by atoms with Gasteiger partial charge in [-0.1, -0.05) is 13.0 Å². The lowest BCUT2D eigenvalue weighted by Crippen LogP contribution is -2.62. The van der Waals surface area contributed by atoms with Crippen molar-refractivity contribution in [3.05, 3.63) is 45.9 Å². The number of phenolic OH excluding ortho intramolecular Hbond substituents is 1. The van der Waals surface area contributed by atoms with Crippen LogP contribution in [0.1, 0.15) is 55.7 Å². The topological polar surface area (TPSA) is 73.6 Å². The zero-order chi connectivity index (χ0) is 17.9. The van der Waals surface area contributed by atoms with Crippen LogP contribution in [0.25, 0.3) is 0 Å². The molecule has 0 radical (unpaired) electrons. The lowest BCUT2D eigenvalue weighted by molar-refractivity contribution is -0.205. The summed E-state index contributed by atoms with van der Waals surface area (Å²) in [6.07, 6.45) is 5.45. The van der Waals surface area contributed by atoms with E-state index < -0.39 is 11.2 Å². The summed E-state index contributed by atoms with van der Waals surface area (Å²) in [6.45, 7) is 3.91. The van der Waals surface area contributed by atoms with Gasteiger partial charge in [0.2, 0.25) is 0 Å². The number of aromatic nitrogens is 1. The van der Waals surface area contributed by atoms with E-state index in [1.807, 2.05) is 17.5 Å². The molecular formula is C20H25NO3S. The molecule has 134 valence electrons. The average molecular weight is 359 g/mol. The highest BCUT2D eigenvalue weighted by molar-refractivity contribution is 7.09. The smallest absolute Gasteiger partial charge is 0.144 e. The van der Waals surface area contributed by atoms with Gasteiger partial charge in [-0.05, 0) is 68.2 Å². The van der Waals surface area contributed by atoms with Crippen LogP contribution in [0.3, 0.4) is 0 Å². The fraction of sp³-hybridized carbons (Fsp3) is 0.550. The highest BCUT2D eigenvalue weighted by atomic mass is 32.1. The number of phenols is 1. The van der Waals surface area contributed by atoms with E-state index >= 15 is 0 Å². The highest BCUT2D eigenvalue weighted by Crippen LogP contribution is 2.60. The molecule has 4 atom stereocenters. The van der Waals surface area contributed by atoms with Gasteiger partial charge in [-0.2, -0.15) is 0 Å². The third-order valence-corrected chi connectivity index (χ3v) is 7.60. The number of aryl methyl sites for hydroxylation is 1. The average Bonchev–Trinajstić information content (AvgIpc) is 3.10. The number of benzene rings is 1. The molecule has 0 saturated heterocycles. The summed E-state index contributed by atoms with van der Waals surface area (Å²) >= 11 is 1.41. The molecule has 1 aromatic carbocycles. The Morgan fingerprint density at radius 1 is 1.32 bits per heavy atom. The normalized spacial score (nSPS) is 37.4. The molecule has 2 aromatic rings. The number of aliphatic hydroxyl groups is 2. The van der Waals surface area contributed by atoms with Crippen molar-refractivity contribution in [1.82, 2.24) is 4.98 Å². The summed E-state index contributed by atoms with van der Waals surface area (Å²) in [5, 5.41) is 35.1. The molecule has 25 heavy (non-hydrogen) atoms. The Morgan fingerprint density at radius 2 is 2.12 bits per heavy atom. The number of nitrogens with zero attached hydrogens (tertiary/aromatic N) is 1. The van der Waals surface area contributed by atoms with Crippen LogP contribution in [-0.2, 0) is 17.4 Å². The number of fused-ring (bicyclic) bond motifs is 3. The third kappa shape index (κ3) is 2.29. The van der Waals surface area contributed by atoms with Crippen LogP contribution in [0.4, 0.5) is 0 Å². The Balaban J connectivity index is 1.83. The molecule has 5 heteroatoms.